The number of rotatable bonds is 3. The molecule has 0 aliphatic rings. The van der Waals surface area contributed by atoms with E-state index >= 15 is 0 Å². The maximum absolute atomic E-state index is 11.5. The topological polar surface area (TPSA) is 79.5 Å². The van der Waals surface area contributed by atoms with E-state index in [-0.39, 0.29) is 0 Å². The summed E-state index contributed by atoms with van der Waals surface area (Å²) < 4.78 is 0. The van der Waals surface area contributed by atoms with Gasteiger partial charge in [0.2, 0.25) is 0 Å². The molecule has 2 aromatic rings. The number of carbonyl (C=O) groups is 1. The molecule has 5 heteroatoms. The summed E-state index contributed by atoms with van der Waals surface area (Å²) in [5, 5.41) is 9.47. The zero-order valence-electron chi connectivity index (χ0n) is 13.5. The van der Waals surface area contributed by atoms with E-state index in [9.17, 15) is 9.90 Å². The number of benzene rings is 1. The smallest absolute Gasteiger partial charge is 0.412 e. The molecule has 23 heavy (non-hydrogen) atoms. The number of aromatic nitrogens is 1. The highest BCUT2D eigenvalue weighted by atomic mass is 16.4. The first kappa shape index (κ1) is 16.5. The van der Waals surface area contributed by atoms with Crippen LogP contribution < -0.4 is 10.6 Å². The van der Waals surface area contributed by atoms with Crippen LogP contribution in [-0.2, 0) is 0 Å². The number of nitrogens with two attached hydrogens (primary N) is 1. The second-order valence-corrected chi connectivity index (χ2v) is 6.23. The van der Waals surface area contributed by atoms with Crippen LogP contribution in [0.4, 0.5) is 16.2 Å². The minimum atomic E-state index is -0.991. The highest BCUT2D eigenvalue weighted by Crippen LogP contribution is 2.24. The Kier molecular flexibility index (Phi) is 4.69. The number of nitrogen functional groups attached to an aromatic ring is 1. The maximum Gasteiger partial charge on any atom is 0.412 e. The van der Waals surface area contributed by atoms with Gasteiger partial charge in [-0.25, -0.2) is 4.79 Å². The molecule has 0 saturated heterocycles. The van der Waals surface area contributed by atoms with Crippen LogP contribution in [-0.4, -0.2) is 21.7 Å². The lowest BCUT2D eigenvalue weighted by Crippen LogP contribution is -2.45. The van der Waals surface area contributed by atoms with E-state index in [1.807, 2.05) is 57.2 Å². The molecule has 0 bridgehead atoms. The van der Waals surface area contributed by atoms with Crippen LogP contribution in [0.5, 0.6) is 0 Å². The Hall–Kier alpha value is -2.82. The van der Waals surface area contributed by atoms with Gasteiger partial charge in [0.1, 0.15) is 0 Å². The molecule has 3 N–H and O–H groups in total. The molecule has 0 unspecified atom stereocenters. The van der Waals surface area contributed by atoms with Crippen LogP contribution in [0.2, 0.25) is 0 Å². The Balaban J connectivity index is 2.31. The van der Waals surface area contributed by atoms with Crippen molar-refractivity contribution in [3.63, 3.8) is 0 Å². The van der Waals surface area contributed by atoms with E-state index in [0.717, 1.165) is 5.56 Å². The summed E-state index contributed by atoms with van der Waals surface area (Å²) in [6, 6.07) is 10.9. The van der Waals surface area contributed by atoms with Gasteiger partial charge in [-0.3, -0.25) is 9.88 Å². The van der Waals surface area contributed by atoms with E-state index < -0.39 is 11.6 Å². The quantitative estimate of drug-likeness (QED) is 0.836. The zero-order chi connectivity index (χ0) is 17.0. The van der Waals surface area contributed by atoms with Crippen molar-refractivity contribution >= 4 is 29.6 Å². The average Bonchev–Trinajstić information content (AvgIpc) is 2.44. The van der Waals surface area contributed by atoms with Gasteiger partial charge in [-0.15, -0.1) is 0 Å². The molecule has 0 aliphatic heterocycles. The molecule has 1 aromatic heterocycles. The molecular weight excluding hydrogens is 290 g/mol. The van der Waals surface area contributed by atoms with Crippen LogP contribution in [0.3, 0.4) is 0 Å². The van der Waals surface area contributed by atoms with Crippen molar-refractivity contribution < 1.29 is 9.90 Å². The summed E-state index contributed by atoms with van der Waals surface area (Å²) in [5.41, 5.74) is 8.14. The Bertz CT molecular complexity index is 733. The number of carboxylic acid groups (broad SMARTS) is 1. The normalized spacial score (nSPS) is 11.6. The number of nitrogens with zero attached hydrogens (tertiary/aromatic N) is 2. The zero-order valence-corrected chi connectivity index (χ0v) is 13.5. The van der Waals surface area contributed by atoms with Gasteiger partial charge in [-0.2, -0.15) is 0 Å². The van der Waals surface area contributed by atoms with E-state index in [0.29, 0.717) is 17.1 Å². The molecule has 1 aromatic carbocycles. The van der Waals surface area contributed by atoms with Gasteiger partial charge in [0.05, 0.1) is 11.4 Å². The van der Waals surface area contributed by atoms with Gasteiger partial charge < -0.3 is 10.8 Å². The molecule has 1 amide bonds. The van der Waals surface area contributed by atoms with E-state index in [1.165, 1.54) is 4.90 Å². The average molecular weight is 311 g/mol. The van der Waals surface area contributed by atoms with Crippen molar-refractivity contribution in [1.82, 2.24) is 4.98 Å². The molecule has 1 heterocycles. The second-order valence-electron chi connectivity index (χ2n) is 6.23. The molecule has 0 atom stereocenters. The minimum Gasteiger partial charge on any atom is -0.465 e. The van der Waals surface area contributed by atoms with Crippen LogP contribution in [0, 0.1) is 0 Å². The highest BCUT2D eigenvalue weighted by molar-refractivity contribution is 5.88. The highest BCUT2D eigenvalue weighted by Gasteiger charge is 2.27. The van der Waals surface area contributed by atoms with Crippen LogP contribution in [0.25, 0.3) is 12.2 Å². The fraction of sp³-hybridized carbons (Fsp3) is 0.222. The second kappa shape index (κ2) is 6.52. The molecular formula is C18H21N3O2. The fourth-order valence-corrected chi connectivity index (χ4v) is 2.30. The lowest BCUT2D eigenvalue weighted by molar-refractivity contribution is 0.195. The first-order valence-corrected chi connectivity index (χ1v) is 7.30. The Morgan fingerprint density at radius 2 is 1.96 bits per heavy atom. The molecule has 0 fully saturated rings. The van der Waals surface area contributed by atoms with Crippen molar-refractivity contribution in [3.05, 3.63) is 53.9 Å². The standard InChI is InChI=1S/C18H21N3O2/c1-18(2,3)21(17(22)23)16-9-10-20-15(12-16)8-7-13-5-4-6-14(19)11-13/h4-12H,19H2,1-3H3,(H,22,23)/b8-7-. The van der Waals surface area contributed by atoms with E-state index in [1.54, 1.807) is 18.3 Å². The Morgan fingerprint density at radius 3 is 2.57 bits per heavy atom. The van der Waals surface area contributed by atoms with E-state index in [2.05, 4.69) is 4.98 Å². The molecule has 0 saturated carbocycles. The molecule has 5 nitrogen and oxygen atoms in total. The molecule has 0 radical (unpaired) electrons. The van der Waals surface area contributed by atoms with Gasteiger partial charge in [0.15, 0.2) is 0 Å². The number of anilines is 2. The number of hydrogen-bond acceptors (Lipinski definition) is 3. The van der Waals surface area contributed by atoms with Crippen LogP contribution in [0.15, 0.2) is 42.6 Å². The van der Waals surface area contributed by atoms with Crippen molar-refractivity contribution in [2.24, 2.45) is 0 Å². The lowest BCUT2D eigenvalue weighted by Gasteiger charge is -2.33. The monoisotopic (exact) mass is 311 g/mol. The van der Waals surface area contributed by atoms with Crippen molar-refractivity contribution in [2.45, 2.75) is 26.3 Å². The third kappa shape index (κ3) is 4.32. The lowest BCUT2D eigenvalue weighted by atomic mass is 10.1. The Morgan fingerprint density at radius 1 is 1.22 bits per heavy atom. The van der Waals surface area contributed by atoms with Crippen LogP contribution in [0.1, 0.15) is 32.0 Å². The summed E-state index contributed by atoms with van der Waals surface area (Å²) in [4.78, 5) is 17.1. The van der Waals surface area contributed by atoms with Gasteiger partial charge in [-0.1, -0.05) is 18.2 Å². The van der Waals surface area contributed by atoms with Gasteiger partial charge in [0.25, 0.3) is 0 Å². The summed E-state index contributed by atoms with van der Waals surface area (Å²) in [6.07, 6.45) is 4.34. The maximum atomic E-state index is 11.5. The minimum absolute atomic E-state index is 0.540. The first-order chi connectivity index (χ1) is 10.8. The predicted molar refractivity (Wildman–Crippen MR) is 94.3 cm³/mol. The van der Waals surface area contributed by atoms with Crippen molar-refractivity contribution in [1.29, 1.82) is 0 Å². The fourth-order valence-electron chi connectivity index (χ4n) is 2.30. The van der Waals surface area contributed by atoms with Crippen molar-refractivity contribution in [2.75, 3.05) is 10.6 Å². The van der Waals surface area contributed by atoms with Crippen LogP contribution >= 0.6 is 0 Å². The summed E-state index contributed by atoms with van der Waals surface area (Å²) >= 11 is 0. The van der Waals surface area contributed by atoms with Gasteiger partial charge in [-0.05, 0) is 56.7 Å². The molecule has 2 rings (SSSR count). The molecule has 0 spiro atoms. The van der Waals surface area contributed by atoms with Crippen molar-refractivity contribution in [3.8, 4) is 0 Å². The number of pyridine rings is 1. The number of amides is 1. The van der Waals surface area contributed by atoms with Gasteiger partial charge >= 0.3 is 6.09 Å². The van der Waals surface area contributed by atoms with Gasteiger partial charge in [0, 0.05) is 17.4 Å². The Labute approximate surface area is 136 Å². The summed E-state index contributed by atoms with van der Waals surface area (Å²) in [7, 11) is 0. The SMILES string of the molecule is CC(C)(C)N(C(=O)O)c1ccnc(/C=C\c2cccc(N)c2)c1. The predicted octanol–water partition coefficient (Wildman–Crippen LogP) is 4.12. The summed E-state index contributed by atoms with van der Waals surface area (Å²) in [5.74, 6) is 0. The molecule has 0 aliphatic carbocycles. The third-order valence-electron chi connectivity index (χ3n) is 3.24. The first-order valence-electron chi connectivity index (χ1n) is 7.30. The molecule has 120 valence electrons. The largest absolute Gasteiger partial charge is 0.465 e. The number of hydrogen-bond donors (Lipinski definition) is 2. The van der Waals surface area contributed by atoms with E-state index in [4.69, 9.17) is 5.73 Å². The summed E-state index contributed by atoms with van der Waals surface area (Å²) in [6.45, 7) is 5.55. The third-order valence-corrected chi connectivity index (χ3v) is 3.24.